The second-order valence-electron chi connectivity index (χ2n) is 4.89. The van der Waals surface area contributed by atoms with Crippen molar-refractivity contribution in [3.05, 3.63) is 47.9 Å². The molecule has 2 heterocycles. The fraction of sp³-hybridized carbons (Fsp3) is 0.267. The van der Waals surface area contributed by atoms with Crippen LogP contribution in [0.25, 0.3) is 0 Å². The van der Waals surface area contributed by atoms with Crippen LogP contribution in [-0.2, 0) is 9.59 Å². The molecule has 1 aromatic rings. The van der Waals surface area contributed by atoms with Crippen LogP contribution in [0.5, 0.6) is 0 Å². The Labute approximate surface area is 116 Å². The summed E-state index contributed by atoms with van der Waals surface area (Å²) in [6.45, 7) is 0. The lowest BCUT2D eigenvalue weighted by Gasteiger charge is -2.28. The molecule has 3 rings (SSSR count). The predicted octanol–water partition coefficient (Wildman–Crippen LogP) is 1.56. The highest BCUT2D eigenvalue weighted by atomic mass is 16.2. The van der Waals surface area contributed by atoms with Crippen molar-refractivity contribution in [2.45, 2.75) is 25.3 Å². The van der Waals surface area contributed by atoms with Crippen molar-refractivity contribution >= 4 is 17.4 Å². The first-order chi connectivity index (χ1) is 9.75. The van der Waals surface area contributed by atoms with Crippen LogP contribution in [0.2, 0.25) is 0 Å². The molecule has 1 amide bonds. The summed E-state index contributed by atoms with van der Waals surface area (Å²) in [5.74, 6) is -0.574. The molecule has 5 nitrogen and oxygen atoms in total. The zero-order valence-electron chi connectivity index (χ0n) is 10.9. The summed E-state index contributed by atoms with van der Waals surface area (Å²) >= 11 is 0. The predicted molar refractivity (Wildman–Crippen MR) is 74.8 cm³/mol. The minimum absolute atomic E-state index is 0.0613. The maximum absolute atomic E-state index is 12.3. The van der Waals surface area contributed by atoms with E-state index in [1.807, 2.05) is 6.08 Å². The van der Waals surface area contributed by atoms with Crippen molar-refractivity contribution in [1.82, 2.24) is 10.3 Å². The van der Waals surface area contributed by atoms with E-state index < -0.39 is 5.91 Å². The van der Waals surface area contributed by atoms with E-state index >= 15 is 0 Å². The van der Waals surface area contributed by atoms with Crippen LogP contribution in [0.1, 0.15) is 19.3 Å². The Morgan fingerprint density at radius 3 is 3.15 bits per heavy atom. The van der Waals surface area contributed by atoms with E-state index in [1.165, 1.54) is 6.20 Å². The van der Waals surface area contributed by atoms with Crippen LogP contribution in [0.3, 0.4) is 0 Å². The quantitative estimate of drug-likeness (QED) is 0.799. The number of aromatic nitrogens is 1. The molecule has 102 valence electrons. The van der Waals surface area contributed by atoms with Gasteiger partial charge in [0.15, 0.2) is 5.78 Å². The number of Topliss-reactive ketones (excluding diaryl/α,β-unsaturated/α-hetero) is 1. The van der Waals surface area contributed by atoms with E-state index in [9.17, 15) is 9.59 Å². The van der Waals surface area contributed by atoms with Crippen molar-refractivity contribution in [3.8, 4) is 0 Å². The van der Waals surface area contributed by atoms with Crippen LogP contribution in [-0.4, -0.2) is 22.7 Å². The number of nitrogens with zero attached hydrogens (tertiary/aromatic N) is 1. The number of amides is 1. The average Bonchev–Trinajstić information content (AvgIpc) is 2.49. The zero-order chi connectivity index (χ0) is 13.9. The fourth-order valence-corrected chi connectivity index (χ4v) is 2.51. The SMILES string of the molecule is O=C(Nc1cccnc1)C1=CNC2CCCC=C2C1=O. The Morgan fingerprint density at radius 2 is 2.35 bits per heavy atom. The maximum Gasteiger partial charge on any atom is 0.261 e. The third kappa shape index (κ3) is 2.34. The number of hydrogen-bond acceptors (Lipinski definition) is 4. The molecule has 0 spiro atoms. The van der Waals surface area contributed by atoms with Crippen LogP contribution < -0.4 is 10.6 Å². The number of carbonyl (C=O) groups excluding carboxylic acids is 2. The van der Waals surface area contributed by atoms with Crippen molar-refractivity contribution in [2.75, 3.05) is 5.32 Å². The third-order valence-corrected chi connectivity index (χ3v) is 3.54. The van der Waals surface area contributed by atoms with Gasteiger partial charge in [-0.2, -0.15) is 0 Å². The molecule has 0 aromatic carbocycles. The Morgan fingerprint density at radius 1 is 1.45 bits per heavy atom. The van der Waals surface area contributed by atoms with E-state index in [0.717, 1.165) is 24.8 Å². The smallest absolute Gasteiger partial charge is 0.261 e. The number of pyridine rings is 1. The van der Waals surface area contributed by atoms with Crippen molar-refractivity contribution in [1.29, 1.82) is 0 Å². The number of allylic oxidation sites excluding steroid dienone is 1. The van der Waals surface area contributed by atoms with E-state index in [2.05, 4.69) is 15.6 Å². The van der Waals surface area contributed by atoms with Crippen molar-refractivity contribution in [3.63, 3.8) is 0 Å². The summed E-state index contributed by atoms with van der Waals surface area (Å²) in [6.07, 6.45) is 9.54. The van der Waals surface area contributed by atoms with Crippen molar-refractivity contribution < 1.29 is 9.59 Å². The first kappa shape index (κ1) is 12.6. The van der Waals surface area contributed by atoms with Gasteiger partial charge in [0.25, 0.3) is 5.91 Å². The van der Waals surface area contributed by atoms with Gasteiger partial charge in [0.1, 0.15) is 5.57 Å². The molecule has 1 aromatic heterocycles. The second kappa shape index (κ2) is 5.28. The van der Waals surface area contributed by atoms with Gasteiger partial charge in [-0.1, -0.05) is 6.08 Å². The minimum Gasteiger partial charge on any atom is -0.383 e. The lowest BCUT2D eigenvalue weighted by Crippen LogP contribution is -2.40. The molecule has 0 bridgehead atoms. The average molecular weight is 269 g/mol. The number of carbonyl (C=O) groups is 2. The maximum atomic E-state index is 12.3. The molecule has 0 saturated heterocycles. The summed E-state index contributed by atoms with van der Waals surface area (Å²) in [5.41, 5.74) is 1.44. The Kier molecular flexibility index (Phi) is 3.33. The third-order valence-electron chi connectivity index (χ3n) is 3.54. The monoisotopic (exact) mass is 269 g/mol. The highest BCUT2D eigenvalue weighted by Gasteiger charge is 2.32. The molecule has 20 heavy (non-hydrogen) atoms. The first-order valence-corrected chi connectivity index (χ1v) is 6.68. The number of ketones is 1. The summed E-state index contributed by atoms with van der Waals surface area (Å²) in [7, 11) is 0. The normalized spacial score (nSPS) is 21.2. The van der Waals surface area contributed by atoms with Gasteiger partial charge < -0.3 is 10.6 Å². The molecular weight excluding hydrogens is 254 g/mol. The fourth-order valence-electron chi connectivity index (χ4n) is 2.51. The molecule has 2 aliphatic rings. The van der Waals surface area contributed by atoms with Gasteiger partial charge in [-0.3, -0.25) is 14.6 Å². The lowest BCUT2D eigenvalue weighted by atomic mass is 9.86. The largest absolute Gasteiger partial charge is 0.383 e. The molecule has 1 atom stereocenters. The van der Waals surface area contributed by atoms with Gasteiger partial charge in [0.05, 0.1) is 17.9 Å². The van der Waals surface area contributed by atoms with Crippen molar-refractivity contribution in [2.24, 2.45) is 0 Å². The molecule has 0 radical (unpaired) electrons. The summed E-state index contributed by atoms with van der Waals surface area (Å²) in [4.78, 5) is 28.4. The van der Waals surface area contributed by atoms with Gasteiger partial charge in [0.2, 0.25) is 0 Å². The van der Waals surface area contributed by atoms with Gasteiger partial charge in [-0.15, -0.1) is 0 Å². The number of hydrogen-bond donors (Lipinski definition) is 2. The first-order valence-electron chi connectivity index (χ1n) is 6.68. The lowest BCUT2D eigenvalue weighted by molar-refractivity contribution is -0.118. The summed E-state index contributed by atoms with van der Waals surface area (Å²) in [5, 5.41) is 5.82. The molecule has 0 fully saturated rings. The molecule has 0 saturated carbocycles. The van der Waals surface area contributed by atoms with Gasteiger partial charge in [0, 0.05) is 18.0 Å². The van der Waals surface area contributed by atoms with E-state index in [-0.39, 0.29) is 17.4 Å². The second-order valence-corrected chi connectivity index (χ2v) is 4.89. The Balaban J connectivity index is 1.79. The number of fused-ring (bicyclic) bond motifs is 1. The van der Waals surface area contributed by atoms with E-state index in [4.69, 9.17) is 0 Å². The summed E-state index contributed by atoms with van der Waals surface area (Å²) < 4.78 is 0. The number of nitrogens with one attached hydrogen (secondary N) is 2. The van der Waals surface area contributed by atoms with Gasteiger partial charge >= 0.3 is 0 Å². The molecule has 1 unspecified atom stereocenters. The van der Waals surface area contributed by atoms with Crippen LogP contribution in [0, 0.1) is 0 Å². The zero-order valence-corrected chi connectivity index (χ0v) is 10.9. The standard InChI is InChI=1S/C15H15N3O2/c19-14-11-5-1-2-6-13(11)17-9-12(14)15(20)18-10-4-3-7-16-8-10/h3-5,7-9,13,17H,1-2,6H2,(H,18,20). The van der Waals surface area contributed by atoms with Gasteiger partial charge in [-0.25, -0.2) is 0 Å². The highest BCUT2D eigenvalue weighted by molar-refractivity contribution is 6.29. The molecule has 1 aliphatic carbocycles. The molecule has 1 aliphatic heterocycles. The van der Waals surface area contributed by atoms with E-state index in [0.29, 0.717) is 5.69 Å². The van der Waals surface area contributed by atoms with Crippen LogP contribution in [0.15, 0.2) is 47.9 Å². The van der Waals surface area contributed by atoms with Crippen LogP contribution >= 0.6 is 0 Å². The molecular formula is C15H15N3O2. The molecule has 5 heteroatoms. The highest BCUT2D eigenvalue weighted by Crippen LogP contribution is 2.25. The van der Waals surface area contributed by atoms with Gasteiger partial charge in [-0.05, 0) is 31.4 Å². The topological polar surface area (TPSA) is 71.1 Å². The number of anilines is 1. The molecule has 2 N–H and O–H groups in total. The summed E-state index contributed by atoms with van der Waals surface area (Å²) in [6, 6.07) is 3.52. The van der Waals surface area contributed by atoms with Crippen LogP contribution in [0.4, 0.5) is 5.69 Å². The Hall–Kier alpha value is -2.43. The Bertz CT molecular complexity index is 605. The number of rotatable bonds is 2. The minimum atomic E-state index is -0.402. The van der Waals surface area contributed by atoms with E-state index in [1.54, 1.807) is 24.5 Å².